The summed E-state index contributed by atoms with van der Waals surface area (Å²) in [6.45, 7) is 38.3. The molecule has 7 heteroatoms. The summed E-state index contributed by atoms with van der Waals surface area (Å²) < 4.78 is 59.8. The van der Waals surface area contributed by atoms with Crippen molar-refractivity contribution in [2.45, 2.75) is 149 Å². The van der Waals surface area contributed by atoms with Crippen LogP contribution < -0.4 is 14.2 Å². The number of carbonyl (C=O) groups is 1. The summed E-state index contributed by atoms with van der Waals surface area (Å²) in [5.74, 6) is 5.31. The Kier molecular flexibility index (Phi) is 22.2. The average Bonchev–Trinajstić information content (AvgIpc) is 0.934. The predicted molar refractivity (Wildman–Crippen MR) is 369 cm³/mol. The van der Waals surface area contributed by atoms with Crippen LogP contribution in [0.15, 0.2) is 194 Å². The van der Waals surface area contributed by atoms with E-state index < -0.39 is 11.6 Å². The molecule has 4 nitrogen and oxygen atoms in total. The Labute approximate surface area is 534 Å². The van der Waals surface area contributed by atoms with Gasteiger partial charge in [0.2, 0.25) is 0 Å². The number of rotatable bonds is 12. The molecule has 0 spiro atoms. The summed E-state index contributed by atoms with van der Waals surface area (Å²) >= 11 is 0. The summed E-state index contributed by atoms with van der Waals surface area (Å²) in [5, 5.41) is 0. The largest absolute Gasteiger partial charge is 0.457 e. The molecule has 0 atom stereocenters. The molecule has 0 aromatic heterocycles. The number of hydrogen-bond donors (Lipinski definition) is 0. The van der Waals surface area contributed by atoms with Crippen molar-refractivity contribution in [1.82, 2.24) is 0 Å². The minimum atomic E-state index is -4.36. The van der Waals surface area contributed by atoms with Crippen LogP contribution in [0.5, 0.6) is 34.5 Å². The van der Waals surface area contributed by atoms with Gasteiger partial charge in [0.15, 0.2) is 5.78 Å². The first-order valence-corrected chi connectivity index (χ1v) is 30.8. The minimum Gasteiger partial charge on any atom is -0.457 e. The Bertz CT molecular complexity index is 3890. The molecule has 0 aliphatic heterocycles. The number of hydrogen-bond acceptors (Lipinski definition) is 4. The van der Waals surface area contributed by atoms with Gasteiger partial charge in [0.1, 0.15) is 39.9 Å². The molecule has 0 aliphatic carbocycles. The summed E-state index contributed by atoms with van der Waals surface area (Å²) in [5.41, 5.74) is 21.0. The molecule has 0 radical (unpaired) electrons. The number of aryl methyl sites for hydroxylation is 16. The van der Waals surface area contributed by atoms with Crippen LogP contribution in [0.25, 0.3) is 0 Å². The summed E-state index contributed by atoms with van der Waals surface area (Å²) in [4.78, 5) is 12.4. The Morgan fingerprint density at radius 2 is 0.467 bits per heavy atom. The second kappa shape index (κ2) is 29.1. The van der Waals surface area contributed by atoms with Crippen LogP contribution in [0.2, 0.25) is 0 Å². The zero-order valence-corrected chi connectivity index (χ0v) is 56.2. The van der Waals surface area contributed by atoms with Gasteiger partial charge in [-0.25, -0.2) is 0 Å². The fourth-order valence-electron chi connectivity index (χ4n) is 10.1. The van der Waals surface area contributed by atoms with Gasteiger partial charge in [0.25, 0.3) is 0 Å². The number of benzene rings is 10. The number of ketones is 1. The summed E-state index contributed by atoms with van der Waals surface area (Å²) in [7, 11) is 0. The first-order valence-electron chi connectivity index (χ1n) is 30.8. The van der Waals surface area contributed by atoms with Crippen molar-refractivity contribution in [2.75, 3.05) is 0 Å². The van der Waals surface area contributed by atoms with Crippen molar-refractivity contribution in [1.29, 1.82) is 0 Å². The topological polar surface area (TPSA) is 44.8 Å². The van der Waals surface area contributed by atoms with E-state index in [0.29, 0.717) is 0 Å². The predicted octanol–water partition coefficient (Wildman–Crippen LogP) is 23.5. The Morgan fingerprint density at radius 1 is 0.256 bits per heavy atom. The van der Waals surface area contributed by atoms with Gasteiger partial charge in [-0.3, -0.25) is 4.79 Å². The molecular weight excluding hydrogens is 1120 g/mol. The second-order valence-corrected chi connectivity index (χ2v) is 25.1. The van der Waals surface area contributed by atoms with Gasteiger partial charge in [-0.15, -0.1) is 0 Å². The molecule has 10 aromatic carbocycles. The monoisotopic (exact) mass is 1210 g/mol. The van der Waals surface area contributed by atoms with Crippen LogP contribution in [0.1, 0.15) is 148 Å². The maximum absolute atomic E-state index is 13.9. The molecule has 90 heavy (non-hydrogen) atoms. The van der Waals surface area contributed by atoms with Gasteiger partial charge in [-0.2, -0.15) is 13.2 Å². The number of ether oxygens (including phenoxy) is 3. The van der Waals surface area contributed by atoms with Crippen molar-refractivity contribution >= 4 is 5.78 Å². The van der Waals surface area contributed by atoms with Crippen molar-refractivity contribution in [3.63, 3.8) is 0 Å². The van der Waals surface area contributed by atoms with Gasteiger partial charge >= 0.3 is 6.18 Å². The van der Waals surface area contributed by atoms with E-state index in [1.165, 1.54) is 73.7 Å². The highest BCUT2D eigenvalue weighted by Crippen LogP contribution is 2.47. The van der Waals surface area contributed by atoms with E-state index in [-0.39, 0.29) is 22.3 Å². The Hall–Kier alpha value is -8.94. The van der Waals surface area contributed by atoms with Gasteiger partial charge in [0, 0.05) is 16.5 Å². The van der Waals surface area contributed by atoms with Crippen molar-refractivity contribution < 1.29 is 32.2 Å². The number of carbonyl (C=O) groups excluding carboxylic acids is 1. The molecule has 0 saturated carbocycles. The summed E-state index contributed by atoms with van der Waals surface area (Å²) in [6, 6.07) is 63.2. The molecule has 466 valence electrons. The lowest BCUT2D eigenvalue weighted by Gasteiger charge is -2.34. The molecule has 0 aliphatic rings. The molecule has 0 fully saturated rings. The SMILES string of the molecule is Cc1ccc(C(=O)c2ccc(C)c(C)c2)cc1C.Cc1ccc(C(C)(c2ccc(C)c(C)c2)C(F)(F)F)cc1C.Cc1ccc(Oc2ccc(C(C)(C)c3ccc(Oc4ccc(C)c(C)c4)cc3)cc2)cc1C.Cc1ccc(Oc2ccc(C)c(C)c2)cc1C. The lowest BCUT2D eigenvalue weighted by molar-refractivity contribution is -0.173. The van der Waals surface area contributed by atoms with E-state index in [1.807, 2.05) is 126 Å². The van der Waals surface area contributed by atoms with Crippen LogP contribution in [-0.2, 0) is 10.8 Å². The third-order valence-corrected chi connectivity index (χ3v) is 18.0. The van der Waals surface area contributed by atoms with E-state index in [9.17, 15) is 18.0 Å². The van der Waals surface area contributed by atoms with Crippen LogP contribution >= 0.6 is 0 Å². The van der Waals surface area contributed by atoms with Crippen LogP contribution in [0.3, 0.4) is 0 Å². The van der Waals surface area contributed by atoms with Crippen LogP contribution in [0, 0.1) is 111 Å². The zero-order valence-electron chi connectivity index (χ0n) is 56.2. The molecular formula is C83H89F3O4. The lowest BCUT2D eigenvalue weighted by Crippen LogP contribution is -2.40. The minimum absolute atomic E-state index is 0.0983. The molecule has 0 unspecified atom stereocenters. The first kappa shape index (κ1) is 68.5. The number of halogens is 3. The van der Waals surface area contributed by atoms with Gasteiger partial charge in [-0.1, -0.05) is 123 Å². The lowest BCUT2D eigenvalue weighted by atomic mass is 9.74. The highest BCUT2D eigenvalue weighted by Gasteiger charge is 2.53. The molecule has 0 bridgehead atoms. The molecule has 0 saturated heterocycles. The Balaban J connectivity index is 0.000000178. The maximum Gasteiger partial charge on any atom is 0.402 e. The van der Waals surface area contributed by atoms with E-state index >= 15 is 0 Å². The Morgan fingerprint density at radius 3 is 0.711 bits per heavy atom. The van der Waals surface area contributed by atoms with E-state index in [4.69, 9.17) is 14.2 Å². The van der Waals surface area contributed by atoms with Crippen molar-refractivity contribution in [3.05, 3.63) is 317 Å². The van der Waals surface area contributed by atoms with E-state index in [2.05, 4.69) is 156 Å². The van der Waals surface area contributed by atoms with E-state index in [1.54, 1.807) is 36.4 Å². The zero-order chi connectivity index (χ0) is 66.0. The summed E-state index contributed by atoms with van der Waals surface area (Å²) in [6.07, 6.45) is -4.36. The van der Waals surface area contributed by atoms with Gasteiger partial charge in [0.05, 0.1) is 0 Å². The van der Waals surface area contributed by atoms with Gasteiger partial charge < -0.3 is 14.2 Å². The average molecular weight is 1210 g/mol. The quantitative estimate of drug-likeness (QED) is 0.114. The third kappa shape index (κ3) is 17.1. The number of alkyl halides is 3. The molecule has 10 aromatic rings. The maximum atomic E-state index is 13.9. The molecule has 0 heterocycles. The second-order valence-electron chi connectivity index (χ2n) is 25.1. The van der Waals surface area contributed by atoms with Gasteiger partial charge in [-0.05, 0) is 314 Å². The fourth-order valence-corrected chi connectivity index (χ4v) is 10.1. The smallest absolute Gasteiger partial charge is 0.402 e. The first-order chi connectivity index (χ1) is 42.3. The normalized spacial score (nSPS) is 11.3. The highest BCUT2D eigenvalue weighted by atomic mass is 19.4. The van der Waals surface area contributed by atoms with Crippen LogP contribution in [-0.4, -0.2) is 12.0 Å². The van der Waals surface area contributed by atoms with E-state index in [0.717, 1.165) is 79.0 Å². The molecule has 0 N–H and O–H groups in total. The fraction of sp³-hybridized carbons (Fsp3) is 0.265. The molecule has 0 amide bonds. The van der Waals surface area contributed by atoms with Crippen LogP contribution in [0.4, 0.5) is 13.2 Å². The highest BCUT2D eigenvalue weighted by molar-refractivity contribution is 6.09. The van der Waals surface area contributed by atoms with Crippen molar-refractivity contribution in [3.8, 4) is 34.5 Å². The van der Waals surface area contributed by atoms with Crippen molar-refractivity contribution in [2.24, 2.45) is 0 Å². The standard InChI is InChI=1S/C31H32O2.C19H21F3.C17H18O.C16H18O/c1-21-7-13-29(19-23(21)3)32-27-15-9-25(10-16-27)31(5,6)26-11-17-28(18-12-26)33-30-14-8-22(2)24(4)20-30;1-12-6-8-16(10-14(12)3)18(5,19(20,21)22)17-9-7-13(2)15(4)11-17;1-11-5-7-15(9-13(11)3)17(18)16-8-6-12(2)14(4)10-16;1-11-5-7-15(9-13(11)3)17-16-8-6-12(2)14(4)10-16/h7-20H,1-6H3;6-11H,1-5H3;5-10H,1-4H3;5-10H,1-4H3. The molecule has 10 rings (SSSR count). The third-order valence-electron chi connectivity index (χ3n) is 18.0.